The minimum atomic E-state index is -3.27. The number of carbonyl (C=O) groups excluding carboxylic acids is 1. The zero-order chi connectivity index (χ0) is 46.9. The van der Waals surface area contributed by atoms with Gasteiger partial charge >= 0.3 is 5.69 Å². The van der Waals surface area contributed by atoms with E-state index in [9.17, 15) is 18.0 Å². The van der Waals surface area contributed by atoms with Gasteiger partial charge in [0, 0.05) is 44.8 Å². The first-order valence-corrected chi connectivity index (χ1v) is 24.7. The van der Waals surface area contributed by atoms with Gasteiger partial charge in [0.05, 0.1) is 38.9 Å². The van der Waals surface area contributed by atoms with E-state index in [-0.39, 0.29) is 67.4 Å². The second kappa shape index (κ2) is 22.3. The van der Waals surface area contributed by atoms with Gasteiger partial charge in [-0.1, -0.05) is 54.6 Å². The van der Waals surface area contributed by atoms with Crippen LogP contribution in [0.15, 0.2) is 95.9 Å². The summed E-state index contributed by atoms with van der Waals surface area (Å²) < 4.78 is 74.0. The number of amides is 1. The van der Waals surface area contributed by atoms with Crippen LogP contribution in [0.1, 0.15) is 57.5 Å². The Morgan fingerprint density at radius 1 is 0.923 bits per heavy atom. The van der Waals surface area contributed by atoms with E-state index in [1.54, 1.807) is 19.1 Å². The highest BCUT2D eigenvalue weighted by atomic mass is 32.2. The van der Waals surface area contributed by atoms with E-state index in [4.69, 9.17) is 50.7 Å². The quantitative estimate of drug-likeness (QED) is 0.0704. The predicted octanol–water partition coefficient (Wildman–Crippen LogP) is 5.23. The maximum absolute atomic E-state index is 14.0. The van der Waals surface area contributed by atoms with Gasteiger partial charge in [-0.15, -0.1) is 0 Å². The number of thiocarbonyl (C=S) groups is 1. The van der Waals surface area contributed by atoms with E-state index in [2.05, 4.69) is 15.0 Å². The summed E-state index contributed by atoms with van der Waals surface area (Å²) in [4.78, 5) is 31.7. The number of rotatable bonds is 19. The molecule has 0 radical (unpaired) electrons. The summed E-state index contributed by atoms with van der Waals surface area (Å²) in [6.45, 7) is 9.90. The number of benzene rings is 3. The number of methoxy groups -OCH3 is 2. The van der Waals surface area contributed by atoms with Gasteiger partial charge in [0.25, 0.3) is 13.7 Å². The van der Waals surface area contributed by atoms with Crippen molar-refractivity contribution in [3.8, 4) is 11.5 Å². The molecule has 3 N–H and O–H groups in total. The van der Waals surface area contributed by atoms with E-state index >= 15 is 0 Å². The third-order valence-corrected chi connectivity index (χ3v) is 15.0. The van der Waals surface area contributed by atoms with Crippen molar-refractivity contribution in [3.63, 3.8) is 0 Å². The van der Waals surface area contributed by atoms with Gasteiger partial charge in [0.15, 0.2) is 22.2 Å². The van der Waals surface area contributed by atoms with Crippen molar-refractivity contribution in [1.82, 2.24) is 19.1 Å². The summed E-state index contributed by atoms with van der Waals surface area (Å²) in [7, 11) is -1.96. The molecule has 0 spiro atoms. The highest BCUT2D eigenvalue weighted by Crippen LogP contribution is 2.51. The molecule has 65 heavy (non-hydrogen) atoms. The van der Waals surface area contributed by atoms with E-state index in [0.29, 0.717) is 11.5 Å². The first-order chi connectivity index (χ1) is 31.1. The molecular weight excluding hydrogens is 896 g/mol. The van der Waals surface area contributed by atoms with E-state index in [1.165, 1.54) is 23.8 Å². The fraction of sp³-hybridized carbons (Fsp3) is 0.467. The van der Waals surface area contributed by atoms with Crippen molar-refractivity contribution in [2.75, 3.05) is 63.9 Å². The lowest BCUT2D eigenvalue weighted by Crippen LogP contribution is -2.48. The van der Waals surface area contributed by atoms with Crippen molar-refractivity contribution < 1.29 is 45.9 Å². The number of aromatic nitrogens is 2. The van der Waals surface area contributed by atoms with Crippen molar-refractivity contribution in [2.45, 2.75) is 76.8 Å². The van der Waals surface area contributed by atoms with Crippen molar-refractivity contribution in [2.24, 2.45) is 5.73 Å². The van der Waals surface area contributed by atoms with Crippen molar-refractivity contribution in [3.05, 3.63) is 118 Å². The van der Waals surface area contributed by atoms with Gasteiger partial charge in [-0.2, -0.15) is 4.98 Å². The van der Waals surface area contributed by atoms with E-state index in [0.717, 1.165) is 16.7 Å². The Morgan fingerprint density at radius 2 is 1.49 bits per heavy atom. The average Bonchev–Trinajstić information content (AvgIpc) is 3.61. The number of hydrogen-bond donors (Lipinski definition) is 2. The van der Waals surface area contributed by atoms with Crippen LogP contribution in [0.3, 0.4) is 0 Å². The van der Waals surface area contributed by atoms with Crippen molar-refractivity contribution in [1.29, 1.82) is 0 Å². The lowest BCUT2D eigenvalue weighted by atomic mass is 9.80. The van der Waals surface area contributed by atoms with E-state index in [1.807, 2.05) is 107 Å². The molecule has 0 bridgehead atoms. The highest BCUT2D eigenvalue weighted by Gasteiger charge is 2.53. The molecule has 3 unspecified atom stereocenters. The Hall–Kier alpha value is -4.56. The molecule has 3 heterocycles. The molecule has 6 rings (SSSR count). The topological polar surface area (TPSA) is 195 Å². The third kappa shape index (κ3) is 11.9. The molecule has 1 aromatic heterocycles. The number of nitrogens with zero attached hydrogens (tertiary/aromatic N) is 4. The molecule has 2 fully saturated rings. The van der Waals surface area contributed by atoms with Gasteiger partial charge in [-0.3, -0.25) is 9.36 Å². The number of carbonyl (C=O) groups is 1. The van der Waals surface area contributed by atoms with Gasteiger partial charge < -0.3 is 48.7 Å². The lowest BCUT2D eigenvalue weighted by molar-refractivity contribution is -0.114. The summed E-state index contributed by atoms with van der Waals surface area (Å²) in [5.74, 6) is 0.713. The molecule has 3 aromatic carbocycles. The number of ether oxygens (including phenoxy) is 5. The van der Waals surface area contributed by atoms with Gasteiger partial charge in [-0.25, -0.2) is 17.9 Å². The molecule has 2 saturated heterocycles. The highest BCUT2D eigenvalue weighted by molar-refractivity contribution is 7.91. The van der Waals surface area contributed by atoms with Crippen LogP contribution in [0.2, 0.25) is 0 Å². The fourth-order valence-electron chi connectivity index (χ4n) is 7.90. The maximum Gasteiger partial charge on any atom is 0.351 e. The summed E-state index contributed by atoms with van der Waals surface area (Å²) in [6, 6.07) is 26.4. The molecule has 17 nitrogen and oxygen atoms in total. The Bertz CT molecular complexity index is 2310. The first kappa shape index (κ1) is 49.9. The van der Waals surface area contributed by atoms with Crippen LogP contribution < -0.4 is 26.2 Å². The molecule has 2 aliphatic heterocycles. The van der Waals surface area contributed by atoms with Gasteiger partial charge in [-0.05, 0) is 86.9 Å². The minimum Gasteiger partial charge on any atom is -0.497 e. The van der Waals surface area contributed by atoms with Gasteiger partial charge in [0.2, 0.25) is 5.91 Å². The SMILES string of the molecule is COc1ccc(C(OC[C@H]2O[C@@H](n3ccc(NC(C)=O)nc3=O)C(OC(=S)N3CCS(=O)(=O)CC3)C2OP(OCCN)N(C(C)C)C(C)C)(c2ccccc2)c2ccc(OC)cc2)cc1. The lowest BCUT2D eigenvalue weighted by Gasteiger charge is -2.39. The molecule has 352 valence electrons. The van der Waals surface area contributed by atoms with Gasteiger partial charge in [0.1, 0.15) is 35.1 Å². The zero-order valence-corrected chi connectivity index (χ0v) is 40.2. The molecule has 1 amide bonds. The average molecular weight is 955 g/mol. The second-order valence-corrected chi connectivity index (χ2v) is 20.1. The minimum absolute atomic E-state index is 0.00331. The molecule has 0 aliphatic carbocycles. The molecule has 2 aliphatic rings. The molecular formula is C45H59N6O11PS2. The Morgan fingerprint density at radius 3 is 2.00 bits per heavy atom. The van der Waals surface area contributed by atoms with Crippen molar-refractivity contribution >= 4 is 47.5 Å². The maximum atomic E-state index is 14.0. The summed E-state index contributed by atoms with van der Waals surface area (Å²) in [5, 5.41) is 2.55. The monoisotopic (exact) mass is 954 g/mol. The summed E-state index contributed by atoms with van der Waals surface area (Å²) in [6.07, 6.45) is -3.01. The molecule has 5 atom stereocenters. The van der Waals surface area contributed by atoms with E-state index < -0.39 is 60.1 Å². The van der Waals surface area contributed by atoms with Crippen LogP contribution in [0.5, 0.6) is 11.5 Å². The summed E-state index contributed by atoms with van der Waals surface area (Å²) in [5.41, 5.74) is 6.30. The Kier molecular flexibility index (Phi) is 17.1. The summed E-state index contributed by atoms with van der Waals surface area (Å²) >= 11 is 5.90. The molecule has 0 saturated carbocycles. The number of anilines is 1. The van der Waals surface area contributed by atoms with Crippen LogP contribution >= 0.6 is 20.7 Å². The smallest absolute Gasteiger partial charge is 0.351 e. The fourth-order valence-corrected chi connectivity index (χ4v) is 11.2. The predicted molar refractivity (Wildman–Crippen MR) is 252 cm³/mol. The number of nitrogens with one attached hydrogen (secondary N) is 1. The second-order valence-electron chi connectivity index (χ2n) is 16.0. The van der Waals surface area contributed by atoms with Crippen LogP contribution in [-0.4, -0.2) is 128 Å². The number of nitrogens with two attached hydrogens (primary N) is 1. The number of hydrogen-bond acceptors (Lipinski definition) is 15. The third-order valence-electron chi connectivity index (χ3n) is 10.9. The molecule has 4 aromatic rings. The van der Waals surface area contributed by atoms with Crippen LogP contribution in [0.4, 0.5) is 5.82 Å². The zero-order valence-electron chi connectivity index (χ0n) is 37.7. The van der Waals surface area contributed by atoms with Crippen LogP contribution in [-0.2, 0) is 43.5 Å². The number of sulfone groups is 1. The normalized spacial score (nSPS) is 20.2. The first-order valence-electron chi connectivity index (χ1n) is 21.4. The Balaban J connectivity index is 1.52. The molecule has 20 heteroatoms. The van der Waals surface area contributed by atoms with Crippen LogP contribution in [0.25, 0.3) is 0 Å². The Labute approximate surface area is 387 Å². The largest absolute Gasteiger partial charge is 0.497 e. The standard InChI is InChI=1S/C45H59N6O11PS2/c1-30(2)51(31(3)4)63(59-26-22-46)62-40-38(29-58-45(33-11-9-8-10-12-33,34-13-17-36(56-6)18-14-34)35-15-19-37(57-7)20-16-35)60-42(50-23-21-39(47-32(5)52)48-43(50)53)41(40)61-44(64)49-24-27-65(54,55)28-25-49/h8-21,23,30-31,38,40-42H,22,24-29,46H2,1-7H3,(H,47,48,52,53)/t38-,40?,41?,42-,63?/m1/s1. The van der Waals surface area contributed by atoms with Crippen LogP contribution in [0, 0.1) is 0 Å².